The Kier molecular flexibility index (Phi) is 10.1. The highest BCUT2D eigenvalue weighted by molar-refractivity contribution is 6.99. The minimum Gasteiger partial charge on any atom is -0.404 e. The topological polar surface area (TPSA) is 29.5 Å². The van der Waals surface area contributed by atoms with E-state index in [9.17, 15) is 5.11 Å². The lowest BCUT2D eigenvalue weighted by atomic mass is 9.82. The van der Waals surface area contributed by atoms with Crippen LogP contribution in [0.1, 0.15) is 79.6 Å². The molecule has 1 aliphatic rings. The van der Waals surface area contributed by atoms with Crippen molar-refractivity contribution in [1.29, 1.82) is 0 Å². The second-order valence-corrected chi connectivity index (χ2v) is 15.7. The predicted molar refractivity (Wildman–Crippen MR) is 153 cm³/mol. The molecule has 0 bridgehead atoms. The summed E-state index contributed by atoms with van der Waals surface area (Å²) in [5.41, 5.74) is 2.49. The molecule has 1 atom stereocenters. The Balaban J connectivity index is 1.69. The molecule has 0 radical (unpaired) electrons. The maximum atomic E-state index is 10.7. The van der Waals surface area contributed by atoms with E-state index in [1.807, 2.05) is 0 Å². The molecule has 0 amide bonds. The SMILES string of the molecule is C/C(=C/CC/C(C)=C/CO[Si](c1ccccc1)(c1ccccc1)C(C)(C)C)C(O)C1CCCCC1. The van der Waals surface area contributed by atoms with Gasteiger partial charge in [-0.1, -0.05) is 118 Å². The zero-order valence-electron chi connectivity index (χ0n) is 22.6. The third kappa shape index (κ3) is 7.06. The Morgan fingerprint density at radius 1 is 0.914 bits per heavy atom. The lowest BCUT2D eigenvalue weighted by Gasteiger charge is -2.42. The molecule has 2 aromatic carbocycles. The van der Waals surface area contributed by atoms with Crippen LogP contribution in [0, 0.1) is 5.92 Å². The van der Waals surface area contributed by atoms with E-state index in [-0.39, 0.29) is 11.1 Å². The molecule has 35 heavy (non-hydrogen) atoms. The van der Waals surface area contributed by atoms with E-state index in [1.165, 1.54) is 48.1 Å². The van der Waals surface area contributed by atoms with Crippen molar-refractivity contribution < 1.29 is 9.53 Å². The summed E-state index contributed by atoms with van der Waals surface area (Å²) >= 11 is 0. The number of hydrogen-bond acceptors (Lipinski definition) is 2. The van der Waals surface area contributed by atoms with Crippen LogP contribution >= 0.6 is 0 Å². The first-order valence-electron chi connectivity index (χ1n) is 13.5. The quantitative estimate of drug-likeness (QED) is 0.282. The van der Waals surface area contributed by atoms with Gasteiger partial charge < -0.3 is 9.53 Å². The van der Waals surface area contributed by atoms with Crippen LogP contribution in [0.5, 0.6) is 0 Å². The van der Waals surface area contributed by atoms with Gasteiger partial charge in [0.25, 0.3) is 8.32 Å². The molecule has 1 N–H and O–H groups in total. The standard InChI is InChI=1S/C32H46O2Si/c1-26(16-15-17-27(2)31(33)28-18-9-6-10-19-28)24-25-34-35(32(3,4)5,29-20-11-7-12-21-29)30-22-13-8-14-23-30/h7-8,11-14,17,20-24,28,31,33H,6,9-10,15-16,18-19,25H2,1-5H3/b26-24+,27-17-. The van der Waals surface area contributed by atoms with Crippen LogP contribution in [0.2, 0.25) is 5.04 Å². The van der Waals surface area contributed by atoms with Crippen LogP contribution in [-0.4, -0.2) is 26.1 Å². The zero-order valence-corrected chi connectivity index (χ0v) is 23.6. The molecule has 190 valence electrons. The Morgan fingerprint density at radius 3 is 1.97 bits per heavy atom. The van der Waals surface area contributed by atoms with Crippen molar-refractivity contribution in [3.63, 3.8) is 0 Å². The van der Waals surface area contributed by atoms with Gasteiger partial charge in [-0.2, -0.15) is 0 Å². The summed E-state index contributed by atoms with van der Waals surface area (Å²) in [5.74, 6) is 0.455. The monoisotopic (exact) mass is 490 g/mol. The molecule has 2 nitrogen and oxygen atoms in total. The van der Waals surface area contributed by atoms with Gasteiger partial charge in [0.2, 0.25) is 0 Å². The molecule has 1 fully saturated rings. The zero-order chi connectivity index (χ0) is 25.3. The number of aliphatic hydroxyl groups is 1. The van der Waals surface area contributed by atoms with Crippen LogP contribution in [0.15, 0.2) is 84.0 Å². The fourth-order valence-corrected chi connectivity index (χ4v) is 10.1. The molecule has 3 heteroatoms. The van der Waals surface area contributed by atoms with E-state index in [1.54, 1.807) is 0 Å². The molecule has 2 aromatic rings. The van der Waals surface area contributed by atoms with Crippen LogP contribution in [0.3, 0.4) is 0 Å². The molecule has 0 saturated heterocycles. The van der Waals surface area contributed by atoms with Crippen LogP contribution in [0.4, 0.5) is 0 Å². The average Bonchev–Trinajstić information content (AvgIpc) is 2.87. The third-order valence-electron chi connectivity index (χ3n) is 7.72. The molecule has 0 heterocycles. The van der Waals surface area contributed by atoms with E-state index in [4.69, 9.17) is 4.43 Å². The maximum absolute atomic E-state index is 10.7. The third-order valence-corrected chi connectivity index (χ3v) is 12.7. The van der Waals surface area contributed by atoms with E-state index >= 15 is 0 Å². The maximum Gasteiger partial charge on any atom is 0.261 e. The first-order chi connectivity index (χ1) is 16.8. The fourth-order valence-electron chi connectivity index (χ4n) is 5.64. The molecular weight excluding hydrogens is 444 g/mol. The van der Waals surface area contributed by atoms with Gasteiger partial charge in [0, 0.05) is 0 Å². The van der Waals surface area contributed by atoms with Gasteiger partial charge in [-0.25, -0.2) is 0 Å². The number of benzene rings is 2. The van der Waals surface area contributed by atoms with E-state index in [2.05, 4.69) is 107 Å². The van der Waals surface area contributed by atoms with Gasteiger partial charge >= 0.3 is 0 Å². The molecule has 1 unspecified atom stereocenters. The second-order valence-electron chi connectivity index (χ2n) is 11.4. The highest BCUT2D eigenvalue weighted by atomic mass is 28.4. The molecule has 1 aliphatic carbocycles. The molecular formula is C32H46O2Si. The van der Waals surface area contributed by atoms with Crippen molar-refractivity contribution in [3.05, 3.63) is 84.0 Å². The summed E-state index contributed by atoms with van der Waals surface area (Å²) in [5, 5.41) is 13.4. The summed E-state index contributed by atoms with van der Waals surface area (Å²) < 4.78 is 6.99. The van der Waals surface area contributed by atoms with E-state index in [0.29, 0.717) is 12.5 Å². The molecule has 0 aromatic heterocycles. The first-order valence-corrected chi connectivity index (χ1v) is 15.4. The predicted octanol–water partition coefficient (Wildman–Crippen LogP) is 7.18. The highest BCUT2D eigenvalue weighted by Crippen LogP contribution is 2.36. The van der Waals surface area contributed by atoms with Gasteiger partial charge in [-0.3, -0.25) is 0 Å². The van der Waals surface area contributed by atoms with Gasteiger partial charge in [0.05, 0.1) is 12.7 Å². The minimum absolute atomic E-state index is 0.00738. The lowest BCUT2D eigenvalue weighted by Crippen LogP contribution is -2.66. The molecule has 3 rings (SSSR count). The molecule has 1 saturated carbocycles. The number of rotatable bonds is 10. The van der Waals surface area contributed by atoms with Crippen LogP contribution < -0.4 is 10.4 Å². The van der Waals surface area contributed by atoms with E-state index < -0.39 is 8.32 Å². The van der Waals surface area contributed by atoms with Gasteiger partial charge in [-0.15, -0.1) is 0 Å². The average molecular weight is 491 g/mol. The Bertz CT molecular complexity index is 911. The van der Waals surface area contributed by atoms with Gasteiger partial charge in [-0.05, 0) is 66.4 Å². The van der Waals surface area contributed by atoms with Gasteiger partial charge in [0.15, 0.2) is 0 Å². The van der Waals surface area contributed by atoms with Crippen molar-refractivity contribution in [3.8, 4) is 0 Å². The number of allylic oxidation sites excluding steroid dienone is 2. The van der Waals surface area contributed by atoms with Crippen LogP contribution in [0.25, 0.3) is 0 Å². The number of aliphatic hydroxyl groups excluding tert-OH is 1. The van der Waals surface area contributed by atoms with Crippen molar-refractivity contribution >= 4 is 18.7 Å². The highest BCUT2D eigenvalue weighted by Gasteiger charge is 2.49. The first kappa shape index (κ1) is 27.6. The largest absolute Gasteiger partial charge is 0.404 e. The summed E-state index contributed by atoms with van der Waals surface area (Å²) in [6, 6.07) is 21.7. The van der Waals surface area contributed by atoms with Gasteiger partial charge in [0.1, 0.15) is 0 Å². The summed E-state index contributed by atoms with van der Waals surface area (Å²) in [4.78, 5) is 0. The summed E-state index contributed by atoms with van der Waals surface area (Å²) in [7, 11) is -2.49. The number of hydrogen-bond donors (Lipinski definition) is 1. The fraction of sp³-hybridized carbons (Fsp3) is 0.500. The Labute approximate surface area is 215 Å². The minimum atomic E-state index is -2.49. The smallest absolute Gasteiger partial charge is 0.261 e. The summed E-state index contributed by atoms with van der Waals surface area (Å²) in [6.07, 6.45) is 12.4. The van der Waals surface area contributed by atoms with Crippen molar-refractivity contribution in [2.45, 2.75) is 90.7 Å². The normalized spacial score (nSPS) is 17.4. The van der Waals surface area contributed by atoms with E-state index in [0.717, 1.165) is 18.4 Å². The van der Waals surface area contributed by atoms with Crippen molar-refractivity contribution in [2.24, 2.45) is 5.92 Å². The lowest BCUT2D eigenvalue weighted by molar-refractivity contribution is 0.115. The van der Waals surface area contributed by atoms with Crippen LogP contribution in [-0.2, 0) is 4.43 Å². The molecule has 0 spiro atoms. The summed E-state index contributed by atoms with van der Waals surface area (Å²) in [6.45, 7) is 11.9. The van der Waals surface area contributed by atoms with Crippen molar-refractivity contribution in [1.82, 2.24) is 0 Å². The van der Waals surface area contributed by atoms with Crippen molar-refractivity contribution in [2.75, 3.05) is 6.61 Å². The molecule has 0 aliphatic heterocycles. The Hall–Kier alpha value is -1.94. The second kappa shape index (κ2) is 12.8. The Morgan fingerprint density at radius 2 is 1.46 bits per heavy atom.